The summed E-state index contributed by atoms with van der Waals surface area (Å²) in [6.45, 7) is 3.64. The first kappa shape index (κ1) is 10.1. The lowest BCUT2D eigenvalue weighted by atomic mass is 10.3. The molecule has 0 atom stereocenters. The van der Waals surface area contributed by atoms with Gasteiger partial charge < -0.3 is 5.73 Å². The molecule has 5 nitrogen and oxygen atoms in total. The van der Waals surface area contributed by atoms with E-state index in [0.29, 0.717) is 5.03 Å². The molecular weight excluding hydrogens is 202 g/mol. The van der Waals surface area contributed by atoms with Crippen LogP contribution in [0.1, 0.15) is 11.4 Å². The van der Waals surface area contributed by atoms with Crippen LogP contribution in [-0.2, 0) is 6.54 Å². The number of imidazole rings is 1. The zero-order valence-corrected chi connectivity index (χ0v) is 7.91. The third-order valence-electron chi connectivity index (χ3n) is 1.54. The molecule has 6 heteroatoms. The summed E-state index contributed by atoms with van der Waals surface area (Å²) in [6.07, 6.45) is 0. The molecule has 1 heterocycles. The summed E-state index contributed by atoms with van der Waals surface area (Å²) in [5.41, 5.74) is 5.60. The zero-order chi connectivity index (χ0) is 10.7. The topological polar surface area (TPSA) is 91.4 Å². The van der Waals surface area contributed by atoms with E-state index in [4.69, 9.17) is 27.9 Å². The summed E-state index contributed by atoms with van der Waals surface area (Å²) in [5.74, 6) is 0.0832. The maximum Gasteiger partial charge on any atom is 0.202 e. The standard InChI is InChI=1S/C8H6ClN5/c1-5(9)4-14-7(3-11)6(2-10)13-8(14)12/h1,4H2,(H2,12,13). The van der Waals surface area contributed by atoms with Gasteiger partial charge in [-0.05, 0) is 0 Å². The number of rotatable bonds is 2. The highest BCUT2D eigenvalue weighted by molar-refractivity contribution is 6.29. The Kier molecular flexibility index (Phi) is 2.76. The normalized spacial score (nSPS) is 9.07. The quantitative estimate of drug-likeness (QED) is 0.782. The van der Waals surface area contributed by atoms with Crippen LogP contribution in [0.4, 0.5) is 5.95 Å². The minimum atomic E-state index is 0.00270. The number of anilines is 1. The van der Waals surface area contributed by atoms with Crippen molar-refractivity contribution in [2.24, 2.45) is 0 Å². The Labute approximate surface area is 85.6 Å². The second-order valence-electron chi connectivity index (χ2n) is 2.49. The third-order valence-corrected chi connectivity index (χ3v) is 1.66. The summed E-state index contributed by atoms with van der Waals surface area (Å²) in [6, 6.07) is 3.61. The molecule has 2 N–H and O–H groups in total. The number of halogens is 1. The van der Waals surface area contributed by atoms with Gasteiger partial charge in [0.15, 0.2) is 11.4 Å². The fraction of sp³-hybridized carbons (Fsp3) is 0.125. The average Bonchev–Trinajstić information content (AvgIpc) is 2.42. The highest BCUT2D eigenvalue weighted by atomic mass is 35.5. The molecule has 0 aromatic carbocycles. The molecule has 0 aliphatic rings. The maximum absolute atomic E-state index is 8.77. The Morgan fingerprint density at radius 3 is 2.64 bits per heavy atom. The predicted octanol–water partition coefficient (Wildman–Crippen LogP) is 0.961. The van der Waals surface area contributed by atoms with E-state index >= 15 is 0 Å². The number of hydrogen-bond donors (Lipinski definition) is 1. The van der Waals surface area contributed by atoms with Crippen molar-refractivity contribution in [3.8, 4) is 12.1 Å². The van der Waals surface area contributed by atoms with Crippen molar-refractivity contribution >= 4 is 17.5 Å². The Bertz CT molecular complexity index is 459. The number of nitrogen functional groups attached to an aromatic ring is 1. The van der Waals surface area contributed by atoms with E-state index < -0.39 is 0 Å². The fourth-order valence-electron chi connectivity index (χ4n) is 0.993. The molecule has 0 aliphatic carbocycles. The van der Waals surface area contributed by atoms with E-state index in [1.807, 2.05) is 6.07 Å². The number of nitriles is 2. The first-order valence-electron chi connectivity index (χ1n) is 3.59. The van der Waals surface area contributed by atoms with Crippen LogP contribution >= 0.6 is 11.6 Å². The summed E-state index contributed by atoms with van der Waals surface area (Å²) < 4.78 is 1.34. The van der Waals surface area contributed by atoms with Gasteiger partial charge >= 0.3 is 0 Å². The lowest BCUT2D eigenvalue weighted by molar-refractivity contribution is 0.812. The molecule has 0 aliphatic heterocycles. The van der Waals surface area contributed by atoms with E-state index in [1.54, 1.807) is 6.07 Å². The Balaban J connectivity index is 3.30. The van der Waals surface area contributed by atoms with Crippen molar-refractivity contribution in [1.29, 1.82) is 10.5 Å². The molecule has 0 saturated heterocycles. The highest BCUT2D eigenvalue weighted by Crippen LogP contribution is 2.15. The Morgan fingerprint density at radius 2 is 2.21 bits per heavy atom. The van der Waals surface area contributed by atoms with E-state index in [2.05, 4.69) is 11.6 Å². The van der Waals surface area contributed by atoms with Gasteiger partial charge in [-0.2, -0.15) is 10.5 Å². The third kappa shape index (κ3) is 1.68. The molecule has 0 radical (unpaired) electrons. The van der Waals surface area contributed by atoms with Gasteiger partial charge in [-0.1, -0.05) is 18.2 Å². The smallest absolute Gasteiger partial charge is 0.202 e. The minimum Gasteiger partial charge on any atom is -0.369 e. The zero-order valence-electron chi connectivity index (χ0n) is 7.16. The first-order valence-corrected chi connectivity index (χ1v) is 3.97. The monoisotopic (exact) mass is 207 g/mol. The van der Waals surface area contributed by atoms with Crippen molar-refractivity contribution in [3.63, 3.8) is 0 Å². The van der Waals surface area contributed by atoms with E-state index in [-0.39, 0.29) is 23.9 Å². The Morgan fingerprint density at radius 1 is 1.57 bits per heavy atom. The molecule has 0 fully saturated rings. The van der Waals surface area contributed by atoms with Crippen molar-refractivity contribution in [2.45, 2.75) is 6.54 Å². The molecule has 14 heavy (non-hydrogen) atoms. The molecule has 0 saturated carbocycles. The average molecular weight is 208 g/mol. The summed E-state index contributed by atoms with van der Waals surface area (Å²) in [4.78, 5) is 3.71. The van der Waals surface area contributed by atoms with E-state index in [9.17, 15) is 0 Å². The van der Waals surface area contributed by atoms with Gasteiger partial charge in [0.1, 0.15) is 12.1 Å². The number of nitrogens with zero attached hydrogens (tertiary/aromatic N) is 4. The molecule has 0 amide bonds. The van der Waals surface area contributed by atoms with Crippen LogP contribution in [-0.4, -0.2) is 9.55 Å². The number of aromatic nitrogens is 2. The first-order chi connectivity index (χ1) is 6.60. The van der Waals surface area contributed by atoms with Crippen LogP contribution in [0.5, 0.6) is 0 Å². The summed E-state index contributed by atoms with van der Waals surface area (Å²) in [5, 5.41) is 17.7. The van der Waals surface area contributed by atoms with Crippen LogP contribution in [0.25, 0.3) is 0 Å². The molecule has 1 rings (SSSR count). The van der Waals surface area contributed by atoms with Crippen molar-refractivity contribution in [1.82, 2.24) is 9.55 Å². The van der Waals surface area contributed by atoms with Crippen molar-refractivity contribution in [2.75, 3.05) is 5.73 Å². The van der Waals surface area contributed by atoms with E-state index in [0.717, 1.165) is 0 Å². The van der Waals surface area contributed by atoms with Crippen molar-refractivity contribution in [3.05, 3.63) is 23.0 Å². The van der Waals surface area contributed by atoms with Crippen LogP contribution in [0.15, 0.2) is 11.6 Å². The summed E-state index contributed by atoms with van der Waals surface area (Å²) >= 11 is 5.57. The number of nitrogens with two attached hydrogens (primary N) is 1. The summed E-state index contributed by atoms with van der Waals surface area (Å²) in [7, 11) is 0. The van der Waals surface area contributed by atoms with Crippen LogP contribution in [0.3, 0.4) is 0 Å². The fourth-order valence-corrected chi connectivity index (χ4v) is 1.11. The Hall–Kier alpha value is -1.98. The molecule has 0 unspecified atom stereocenters. The lowest BCUT2D eigenvalue weighted by Crippen LogP contribution is -2.05. The second kappa shape index (κ2) is 3.82. The molecule has 1 aromatic rings. The molecule has 0 bridgehead atoms. The van der Waals surface area contributed by atoms with Crippen LogP contribution in [0, 0.1) is 22.7 Å². The van der Waals surface area contributed by atoms with Crippen molar-refractivity contribution < 1.29 is 0 Å². The minimum absolute atomic E-state index is 0.00270. The van der Waals surface area contributed by atoms with Gasteiger partial charge in [0.25, 0.3) is 0 Å². The number of allylic oxidation sites excluding steroid dienone is 1. The van der Waals surface area contributed by atoms with Gasteiger partial charge in [0.2, 0.25) is 5.95 Å². The maximum atomic E-state index is 8.77. The van der Waals surface area contributed by atoms with Crippen LogP contribution in [0.2, 0.25) is 0 Å². The molecule has 0 spiro atoms. The highest BCUT2D eigenvalue weighted by Gasteiger charge is 2.14. The second-order valence-corrected chi connectivity index (χ2v) is 3.03. The lowest BCUT2D eigenvalue weighted by Gasteiger charge is -2.02. The van der Waals surface area contributed by atoms with Gasteiger partial charge in [-0.15, -0.1) is 0 Å². The number of hydrogen-bond acceptors (Lipinski definition) is 4. The van der Waals surface area contributed by atoms with Gasteiger partial charge in [-0.25, -0.2) is 4.98 Å². The largest absolute Gasteiger partial charge is 0.369 e. The molecular formula is C8H6ClN5. The van der Waals surface area contributed by atoms with Gasteiger partial charge in [-0.3, -0.25) is 4.57 Å². The van der Waals surface area contributed by atoms with Gasteiger partial charge in [0.05, 0.1) is 6.54 Å². The molecule has 1 aromatic heterocycles. The van der Waals surface area contributed by atoms with Gasteiger partial charge in [0, 0.05) is 5.03 Å². The predicted molar refractivity (Wildman–Crippen MR) is 51.1 cm³/mol. The van der Waals surface area contributed by atoms with Crippen LogP contribution < -0.4 is 5.73 Å². The molecule has 70 valence electrons. The SMILES string of the molecule is C=C(Cl)Cn1c(N)nc(C#N)c1C#N. The van der Waals surface area contributed by atoms with E-state index in [1.165, 1.54) is 4.57 Å².